The molecule has 0 spiro atoms. The van der Waals surface area contributed by atoms with Crippen molar-refractivity contribution in [1.82, 2.24) is 0 Å². The molecule has 0 heterocycles. The van der Waals surface area contributed by atoms with Gasteiger partial charge in [-0.15, -0.1) is 46.2 Å². The summed E-state index contributed by atoms with van der Waals surface area (Å²) in [6.45, 7) is 0. The van der Waals surface area contributed by atoms with Gasteiger partial charge in [0.25, 0.3) is 0 Å². The fourth-order valence-corrected chi connectivity index (χ4v) is 2.24. The Balaban J connectivity index is 0.000000437. The molecular weight excluding hydrogens is 419 g/mol. The van der Waals surface area contributed by atoms with Crippen molar-refractivity contribution in [3.63, 3.8) is 0 Å². The van der Waals surface area contributed by atoms with Gasteiger partial charge in [-0.3, -0.25) is 6.08 Å². The Kier molecular flexibility index (Phi) is 8.96. The van der Waals surface area contributed by atoms with Gasteiger partial charge < -0.3 is 14.9 Å². The zero-order valence-electron chi connectivity index (χ0n) is 12.6. The molecule has 0 aromatic heterocycles. The van der Waals surface area contributed by atoms with Crippen molar-refractivity contribution in [2.45, 2.75) is 6.42 Å². The second-order valence-electron chi connectivity index (χ2n) is 4.32. The Hall–Kier alpha value is -1.34. The molecule has 0 atom stereocenters. The SMILES string of the molecule is [C-]1=CC=CC1.[CH3-].[CH3-].[Hf+4].c1ccc2c(c1)[cH-]c1ccccc12. The molecule has 104 valence electrons. The molecule has 3 aromatic carbocycles. The van der Waals surface area contributed by atoms with Crippen LogP contribution in [-0.2, 0) is 25.8 Å². The number of rotatable bonds is 0. The molecule has 0 amide bonds. The first-order valence-corrected chi connectivity index (χ1v) is 6.20. The fraction of sp³-hybridized carbons (Fsp3) is 0.0500. The number of fused-ring (bicyclic) bond motifs is 3. The minimum atomic E-state index is 0. The molecule has 1 aliphatic rings. The number of allylic oxidation sites excluding steroid dienone is 4. The molecule has 0 radical (unpaired) electrons. The largest absolute Gasteiger partial charge is 4.00 e. The molecule has 1 heteroatoms. The van der Waals surface area contributed by atoms with E-state index in [2.05, 4.69) is 66.7 Å². The summed E-state index contributed by atoms with van der Waals surface area (Å²) >= 11 is 0. The Morgan fingerprint density at radius 3 is 1.71 bits per heavy atom. The third kappa shape index (κ3) is 4.57. The first kappa shape index (κ1) is 19.7. The van der Waals surface area contributed by atoms with Gasteiger partial charge >= 0.3 is 25.8 Å². The second-order valence-corrected chi connectivity index (χ2v) is 4.32. The summed E-state index contributed by atoms with van der Waals surface area (Å²) in [6.07, 6.45) is 10.0. The van der Waals surface area contributed by atoms with Crippen molar-refractivity contribution in [3.05, 3.63) is 93.8 Å². The van der Waals surface area contributed by atoms with Crippen LogP contribution in [0.1, 0.15) is 6.42 Å². The van der Waals surface area contributed by atoms with Gasteiger partial charge in [-0.05, 0) is 0 Å². The van der Waals surface area contributed by atoms with E-state index in [1.807, 2.05) is 12.2 Å². The van der Waals surface area contributed by atoms with E-state index in [0.717, 1.165) is 6.42 Å². The second kappa shape index (κ2) is 9.57. The summed E-state index contributed by atoms with van der Waals surface area (Å²) in [5.74, 6) is 0. The number of benzene rings is 2. The normalized spacial score (nSPS) is 11.0. The topological polar surface area (TPSA) is 0 Å². The van der Waals surface area contributed by atoms with E-state index in [9.17, 15) is 0 Å². The molecule has 0 nitrogen and oxygen atoms in total. The van der Waals surface area contributed by atoms with Gasteiger partial charge in [-0.2, -0.15) is 6.08 Å². The zero-order valence-corrected chi connectivity index (χ0v) is 16.2. The van der Waals surface area contributed by atoms with Gasteiger partial charge in [0.15, 0.2) is 0 Å². The van der Waals surface area contributed by atoms with Gasteiger partial charge in [0.2, 0.25) is 0 Å². The van der Waals surface area contributed by atoms with Crippen molar-refractivity contribution < 1.29 is 25.8 Å². The zero-order chi connectivity index (χ0) is 12.2. The molecule has 0 saturated heterocycles. The van der Waals surface area contributed by atoms with Crippen molar-refractivity contribution in [2.75, 3.05) is 0 Å². The van der Waals surface area contributed by atoms with Crippen molar-refractivity contribution >= 4 is 21.5 Å². The van der Waals surface area contributed by atoms with E-state index in [0.29, 0.717) is 0 Å². The van der Waals surface area contributed by atoms with Crippen LogP contribution in [-0.4, -0.2) is 0 Å². The molecule has 0 fully saturated rings. The summed E-state index contributed by atoms with van der Waals surface area (Å²) in [5.41, 5.74) is 0. The van der Waals surface area contributed by atoms with E-state index in [1.165, 1.54) is 21.5 Å². The molecule has 21 heavy (non-hydrogen) atoms. The number of hydrogen-bond acceptors (Lipinski definition) is 0. The van der Waals surface area contributed by atoms with Gasteiger partial charge in [-0.1, -0.05) is 36.4 Å². The van der Waals surface area contributed by atoms with E-state index < -0.39 is 0 Å². The van der Waals surface area contributed by atoms with Crippen LogP contribution in [0.2, 0.25) is 0 Å². The maximum absolute atomic E-state index is 2.99. The van der Waals surface area contributed by atoms with Gasteiger partial charge in [0.1, 0.15) is 0 Å². The van der Waals surface area contributed by atoms with Crippen LogP contribution in [0.3, 0.4) is 0 Å². The van der Waals surface area contributed by atoms with E-state index >= 15 is 0 Å². The third-order valence-corrected chi connectivity index (χ3v) is 3.11. The van der Waals surface area contributed by atoms with Crippen LogP contribution in [0.15, 0.2) is 72.8 Å². The maximum atomic E-state index is 2.99. The molecular formula is C20H20Hf. The number of hydrogen-bond donors (Lipinski definition) is 0. The third-order valence-electron chi connectivity index (χ3n) is 3.11. The van der Waals surface area contributed by atoms with Gasteiger partial charge in [0.05, 0.1) is 0 Å². The quantitative estimate of drug-likeness (QED) is 0.302. The summed E-state index contributed by atoms with van der Waals surface area (Å²) in [6, 6.07) is 19.3. The van der Waals surface area contributed by atoms with Crippen LogP contribution in [0, 0.1) is 20.9 Å². The Bertz CT molecular complexity index is 656. The summed E-state index contributed by atoms with van der Waals surface area (Å²) in [5, 5.41) is 5.39. The molecule has 0 N–H and O–H groups in total. The maximum Gasteiger partial charge on any atom is 4.00 e. The van der Waals surface area contributed by atoms with Crippen molar-refractivity contribution in [1.29, 1.82) is 0 Å². The van der Waals surface area contributed by atoms with E-state index in [4.69, 9.17) is 0 Å². The standard InChI is InChI=1S/C13H9.C5H5.2CH3.Hf/c1-3-7-12-10(5-1)9-11-6-2-4-8-13(11)12;1-2-4-5-3-1;;;/h1-9H;1-3H,4H2;2*1H3;/q4*-1;+4. The fourth-order valence-electron chi connectivity index (χ4n) is 2.24. The molecule has 3 aromatic rings. The molecule has 0 saturated carbocycles. The van der Waals surface area contributed by atoms with Crippen molar-refractivity contribution in [2.24, 2.45) is 0 Å². The smallest absolute Gasteiger partial charge is 0.358 e. The summed E-state index contributed by atoms with van der Waals surface area (Å²) in [4.78, 5) is 0. The molecule has 4 rings (SSSR count). The van der Waals surface area contributed by atoms with E-state index in [-0.39, 0.29) is 40.7 Å². The van der Waals surface area contributed by atoms with Crippen LogP contribution >= 0.6 is 0 Å². The molecule has 0 aliphatic heterocycles. The molecule has 1 aliphatic carbocycles. The predicted octanol–water partition coefficient (Wildman–Crippen LogP) is 5.92. The van der Waals surface area contributed by atoms with Crippen molar-refractivity contribution in [3.8, 4) is 0 Å². The average Bonchev–Trinajstić information content (AvgIpc) is 3.10. The van der Waals surface area contributed by atoms with E-state index in [1.54, 1.807) is 0 Å². The summed E-state index contributed by atoms with van der Waals surface area (Å²) in [7, 11) is 0. The van der Waals surface area contributed by atoms with Crippen LogP contribution in [0.5, 0.6) is 0 Å². The predicted molar refractivity (Wildman–Crippen MR) is 91.4 cm³/mol. The van der Waals surface area contributed by atoms with Crippen LogP contribution in [0.25, 0.3) is 21.5 Å². The van der Waals surface area contributed by atoms with Gasteiger partial charge in [0, 0.05) is 0 Å². The Labute approximate surface area is 147 Å². The monoisotopic (exact) mass is 440 g/mol. The molecule has 0 bridgehead atoms. The minimum absolute atomic E-state index is 0. The minimum Gasteiger partial charge on any atom is -0.358 e. The van der Waals surface area contributed by atoms with Crippen LogP contribution < -0.4 is 0 Å². The first-order valence-electron chi connectivity index (χ1n) is 6.20. The first-order chi connectivity index (χ1) is 8.95. The van der Waals surface area contributed by atoms with Crippen LogP contribution in [0.4, 0.5) is 0 Å². The average molecular weight is 439 g/mol. The Morgan fingerprint density at radius 1 is 0.810 bits per heavy atom. The van der Waals surface area contributed by atoms with Gasteiger partial charge in [-0.25, -0.2) is 12.2 Å². The summed E-state index contributed by atoms with van der Waals surface area (Å²) < 4.78 is 0. The Morgan fingerprint density at radius 2 is 1.33 bits per heavy atom. The molecule has 0 unspecified atom stereocenters.